The molecule has 2 aromatic carbocycles. The number of benzene rings is 2. The third kappa shape index (κ3) is 5.74. The zero-order valence-electron chi connectivity index (χ0n) is 15.8. The van der Waals surface area contributed by atoms with Gasteiger partial charge in [0.2, 0.25) is 5.91 Å². The average Bonchev–Trinajstić information content (AvgIpc) is 2.67. The first-order chi connectivity index (χ1) is 12.9. The van der Waals surface area contributed by atoms with Crippen molar-refractivity contribution in [2.75, 3.05) is 20.8 Å². The number of ether oxygens (including phenoxy) is 2. The van der Waals surface area contributed by atoms with Crippen LogP contribution in [0, 0.1) is 5.92 Å². The number of hydrogen-bond acceptors (Lipinski definition) is 4. The normalized spacial score (nSPS) is 11.5. The molecule has 0 radical (unpaired) electrons. The fourth-order valence-electron chi connectivity index (χ4n) is 2.94. The second kappa shape index (κ2) is 9.62. The molecule has 27 heavy (non-hydrogen) atoms. The van der Waals surface area contributed by atoms with Crippen LogP contribution in [0.4, 0.5) is 0 Å². The molecule has 0 aliphatic heterocycles. The van der Waals surface area contributed by atoms with Crippen molar-refractivity contribution in [3.8, 4) is 11.5 Å². The molecule has 144 valence electrons. The topological polar surface area (TPSA) is 76.1 Å². The van der Waals surface area contributed by atoms with Crippen molar-refractivity contribution in [2.24, 2.45) is 5.92 Å². The highest BCUT2D eigenvalue weighted by molar-refractivity contribution is 5.83. The van der Waals surface area contributed by atoms with Gasteiger partial charge < -0.3 is 19.5 Å². The van der Waals surface area contributed by atoms with E-state index in [1.165, 1.54) is 4.90 Å². The number of carboxylic acids is 1. The van der Waals surface area contributed by atoms with Crippen LogP contribution < -0.4 is 9.47 Å². The molecule has 0 saturated carbocycles. The zero-order chi connectivity index (χ0) is 19.8. The number of methoxy groups -OCH3 is 2. The van der Waals surface area contributed by atoms with Crippen LogP contribution in [0.1, 0.15) is 18.1 Å². The highest BCUT2D eigenvalue weighted by atomic mass is 16.5. The standard InChI is InChI=1S/C21H25NO5/c1-15(11-17-9-10-18(26-2)19(12-17)27-3)21(25)22(14-20(23)24)13-16-7-5-4-6-8-16/h4-10,12,15H,11,13-14H2,1-3H3,(H,23,24). The maximum atomic E-state index is 12.9. The van der Waals surface area contributed by atoms with E-state index in [0.717, 1.165) is 11.1 Å². The average molecular weight is 371 g/mol. The summed E-state index contributed by atoms with van der Waals surface area (Å²) in [6.07, 6.45) is 0.476. The van der Waals surface area contributed by atoms with Crippen LogP contribution in [0.5, 0.6) is 11.5 Å². The van der Waals surface area contributed by atoms with E-state index in [1.54, 1.807) is 27.2 Å². The second-order valence-corrected chi connectivity index (χ2v) is 6.37. The molecule has 1 amide bonds. The molecular formula is C21H25NO5. The van der Waals surface area contributed by atoms with Gasteiger partial charge in [-0.3, -0.25) is 9.59 Å². The van der Waals surface area contributed by atoms with Crippen LogP contribution in [0.3, 0.4) is 0 Å². The fraction of sp³-hybridized carbons (Fsp3) is 0.333. The van der Waals surface area contributed by atoms with E-state index in [0.29, 0.717) is 17.9 Å². The summed E-state index contributed by atoms with van der Waals surface area (Å²) < 4.78 is 10.5. The summed E-state index contributed by atoms with van der Waals surface area (Å²) >= 11 is 0. The number of nitrogens with zero attached hydrogens (tertiary/aromatic N) is 1. The Hall–Kier alpha value is -3.02. The number of carbonyl (C=O) groups is 2. The van der Waals surface area contributed by atoms with E-state index in [1.807, 2.05) is 42.5 Å². The van der Waals surface area contributed by atoms with Crippen molar-refractivity contribution in [3.05, 3.63) is 59.7 Å². The van der Waals surface area contributed by atoms with Crippen LogP contribution in [-0.4, -0.2) is 42.6 Å². The van der Waals surface area contributed by atoms with Gasteiger partial charge in [0.1, 0.15) is 6.54 Å². The third-order valence-corrected chi connectivity index (χ3v) is 4.27. The molecule has 0 spiro atoms. The molecule has 0 bridgehead atoms. The highest BCUT2D eigenvalue weighted by Crippen LogP contribution is 2.28. The van der Waals surface area contributed by atoms with Gasteiger partial charge in [0.05, 0.1) is 14.2 Å². The minimum Gasteiger partial charge on any atom is -0.493 e. The minimum absolute atomic E-state index is 0.198. The molecule has 6 nitrogen and oxygen atoms in total. The molecule has 0 aliphatic carbocycles. The Morgan fingerprint density at radius 2 is 1.67 bits per heavy atom. The molecule has 2 aromatic rings. The SMILES string of the molecule is COc1ccc(CC(C)C(=O)N(CC(=O)O)Cc2ccccc2)cc1OC. The van der Waals surface area contributed by atoms with E-state index >= 15 is 0 Å². The third-order valence-electron chi connectivity index (χ3n) is 4.27. The lowest BCUT2D eigenvalue weighted by Gasteiger charge is -2.24. The molecule has 2 rings (SSSR count). The summed E-state index contributed by atoms with van der Waals surface area (Å²) in [6.45, 7) is 1.74. The van der Waals surface area contributed by atoms with Gasteiger partial charge in [0.25, 0.3) is 0 Å². The Morgan fingerprint density at radius 1 is 1.00 bits per heavy atom. The molecule has 0 saturated heterocycles. The van der Waals surface area contributed by atoms with E-state index in [4.69, 9.17) is 9.47 Å². The quantitative estimate of drug-likeness (QED) is 0.733. The summed E-state index contributed by atoms with van der Waals surface area (Å²) in [5, 5.41) is 9.18. The lowest BCUT2D eigenvalue weighted by Crippen LogP contribution is -2.39. The van der Waals surface area contributed by atoms with Crippen molar-refractivity contribution < 1.29 is 24.2 Å². The highest BCUT2D eigenvalue weighted by Gasteiger charge is 2.23. The van der Waals surface area contributed by atoms with E-state index in [-0.39, 0.29) is 24.9 Å². The Morgan fingerprint density at radius 3 is 2.26 bits per heavy atom. The molecule has 0 aliphatic rings. The lowest BCUT2D eigenvalue weighted by molar-refractivity contribution is -0.146. The Labute approximate surface area is 159 Å². The lowest BCUT2D eigenvalue weighted by atomic mass is 9.99. The second-order valence-electron chi connectivity index (χ2n) is 6.37. The number of hydrogen-bond donors (Lipinski definition) is 1. The van der Waals surface area contributed by atoms with Crippen LogP contribution in [0.2, 0.25) is 0 Å². The smallest absolute Gasteiger partial charge is 0.323 e. The molecule has 1 unspecified atom stereocenters. The first-order valence-electron chi connectivity index (χ1n) is 8.70. The van der Waals surface area contributed by atoms with Crippen LogP contribution in [0.15, 0.2) is 48.5 Å². The van der Waals surface area contributed by atoms with Crippen LogP contribution in [0.25, 0.3) is 0 Å². The van der Waals surface area contributed by atoms with Gasteiger partial charge >= 0.3 is 5.97 Å². The van der Waals surface area contributed by atoms with Gasteiger partial charge in [-0.15, -0.1) is 0 Å². The maximum absolute atomic E-state index is 12.9. The number of carboxylic acid groups (broad SMARTS) is 1. The van der Waals surface area contributed by atoms with Crippen molar-refractivity contribution in [2.45, 2.75) is 19.9 Å². The summed E-state index contributed by atoms with van der Waals surface area (Å²) in [6, 6.07) is 14.9. The number of rotatable bonds is 9. The van der Waals surface area contributed by atoms with E-state index in [9.17, 15) is 14.7 Å². The number of carbonyl (C=O) groups excluding carboxylic acids is 1. The van der Waals surface area contributed by atoms with Gasteiger partial charge in [0, 0.05) is 12.5 Å². The zero-order valence-corrected chi connectivity index (χ0v) is 15.8. The van der Waals surface area contributed by atoms with Crippen LogP contribution >= 0.6 is 0 Å². The number of aliphatic carboxylic acids is 1. The van der Waals surface area contributed by atoms with Gasteiger partial charge in [-0.1, -0.05) is 43.3 Å². The van der Waals surface area contributed by atoms with Gasteiger partial charge in [-0.25, -0.2) is 0 Å². The van der Waals surface area contributed by atoms with Gasteiger partial charge in [0.15, 0.2) is 11.5 Å². The first-order valence-corrected chi connectivity index (χ1v) is 8.70. The summed E-state index contributed by atoms with van der Waals surface area (Å²) in [4.78, 5) is 25.5. The molecule has 0 fully saturated rings. The maximum Gasteiger partial charge on any atom is 0.323 e. The summed E-state index contributed by atoms with van der Waals surface area (Å²) in [5.74, 6) is -0.377. The van der Waals surface area contributed by atoms with Crippen molar-refractivity contribution in [1.82, 2.24) is 4.90 Å². The van der Waals surface area contributed by atoms with Gasteiger partial charge in [-0.2, -0.15) is 0 Å². The predicted molar refractivity (Wildman–Crippen MR) is 102 cm³/mol. The Balaban J connectivity index is 2.12. The fourth-order valence-corrected chi connectivity index (χ4v) is 2.94. The summed E-state index contributed by atoms with van der Waals surface area (Å²) in [5.41, 5.74) is 1.81. The molecule has 0 aromatic heterocycles. The van der Waals surface area contributed by atoms with Crippen LogP contribution in [-0.2, 0) is 22.6 Å². The Kier molecular flexibility index (Phi) is 7.23. The molecule has 1 atom stereocenters. The minimum atomic E-state index is -1.03. The molecule has 1 N–H and O–H groups in total. The molecule has 6 heteroatoms. The molecular weight excluding hydrogens is 346 g/mol. The molecule has 0 heterocycles. The van der Waals surface area contributed by atoms with Crippen molar-refractivity contribution in [1.29, 1.82) is 0 Å². The largest absolute Gasteiger partial charge is 0.493 e. The van der Waals surface area contributed by atoms with Gasteiger partial charge in [-0.05, 0) is 29.7 Å². The van der Waals surface area contributed by atoms with Crippen molar-refractivity contribution >= 4 is 11.9 Å². The van der Waals surface area contributed by atoms with E-state index in [2.05, 4.69) is 0 Å². The Bertz CT molecular complexity index is 775. The monoisotopic (exact) mass is 371 g/mol. The number of amides is 1. The first kappa shape index (κ1) is 20.3. The summed E-state index contributed by atoms with van der Waals surface area (Å²) in [7, 11) is 3.13. The van der Waals surface area contributed by atoms with E-state index < -0.39 is 5.97 Å². The van der Waals surface area contributed by atoms with Crippen molar-refractivity contribution in [3.63, 3.8) is 0 Å². The predicted octanol–water partition coefficient (Wildman–Crippen LogP) is 3.00.